The van der Waals surface area contributed by atoms with E-state index in [1.54, 1.807) is 18.1 Å². The molecule has 0 saturated carbocycles. The van der Waals surface area contributed by atoms with Crippen LogP contribution in [0.15, 0.2) is 42.2 Å². The highest BCUT2D eigenvalue weighted by atomic mass is 16.2. The van der Waals surface area contributed by atoms with Gasteiger partial charge in [0.2, 0.25) is 29.5 Å². The lowest BCUT2D eigenvalue weighted by Gasteiger charge is -2.25. The van der Waals surface area contributed by atoms with Crippen LogP contribution in [-0.2, 0) is 38.4 Å². The third-order valence-corrected chi connectivity index (χ3v) is 10.3. The third kappa shape index (κ3) is 32.5. The van der Waals surface area contributed by atoms with Crippen LogP contribution >= 0.6 is 0 Å². The molecule has 10 N–H and O–H groups in total. The van der Waals surface area contributed by atoms with Crippen molar-refractivity contribution in [3.8, 4) is 0 Å². The van der Waals surface area contributed by atoms with Crippen molar-refractivity contribution in [3.63, 3.8) is 0 Å². The number of ketones is 3. The summed E-state index contributed by atoms with van der Waals surface area (Å²) in [7, 11) is 0. The molecule has 19 heteroatoms. The van der Waals surface area contributed by atoms with E-state index in [4.69, 9.17) is 16.6 Å². The second kappa shape index (κ2) is 38.7. The Labute approximate surface area is 406 Å². The van der Waals surface area contributed by atoms with Crippen LogP contribution in [0.3, 0.4) is 0 Å². The highest BCUT2D eigenvalue weighted by Crippen LogP contribution is 2.11. The van der Waals surface area contributed by atoms with Crippen LogP contribution < -0.4 is 38.4 Å². The number of primary amides is 1. The molecule has 0 fully saturated rings. The summed E-state index contributed by atoms with van der Waals surface area (Å²) in [5.41, 5.74) is 18.8. The molecule has 0 spiro atoms. The van der Waals surface area contributed by atoms with Crippen LogP contribution in [0.4, 0.5) is 0 Å². The lowest BCUT2D eigenvalue weighted by Crippen LogP contribution is -2.43. The van der Waals surface area contributed by atoms with Gasteiger partial charge in [-0.15, -0.1) is 5.53 Å². The standard InChI is InChI=1S/C39H70N10O8.C7H8.C2H6O.CH4/c1-7-47(28(4)5)21-9-8-11-32(44-38(56)17-13-33(51)29(6)43-37(55)15-12-31(50)23-27(2)3)34(52)14-16-36(54)42-20-18-39(57)48(26-35(41)53)24-30-25-49(46-45-30)22-10-19-40;1-7-5-3-2-4-6-7;1-2-3;/h25,27-29,32,45-46H,7-24,26,40H2,1-6H3,(H2,41,53)(H,42,54)(H,43,55)(H,44,56);2-6H,1H3;3H,2H2,1H3;1H4/t29-,32-;;;/m0.../s1. The fourth-order valence-electron chi connectivity index (χ4n) is 6.67. The van der Waals surface area contributed by atoms with Gasteiger partial charge in [0.05, 0.1) is 30.9 Å². The molecule has 5 amide bonds. The van der Waals surface area contributed by atoms with Crippen molar-refractivity contribution in [2.24, 2.45) is 17.4 Å². The van der Waals surface area contributed by atoms with Gasteiger partial charge in [0.1, 0.15) is 5.78 Å². The monoisotopic (exact) mass is 961 g/mol. The van der Waals surface area contributed by atoms with Crippen molar-refractivity contribution < 1.29 is 43.5 Å². The van der Waals surface area contributed by atoms with Gasteiger partial charge in [-0.1, -0.05) is 64.1 Å². The van der Waals surface area contributed by atoms with Gasteiger partial charge in [-0.2, -0.15) is 0 Å². The van der Waals surface area contributed by atoms with Crippen molar-refractivity contribution in [3.05, 3.63) is 47.8 Å². The van der Waals surface area contributed by atoms with Gasteiger partial charge in [0.25, 0.3) is 0 Å². The first-order valence-electron chi connectivity index (χ1n) is 23.8. The Morgan fingerprint density at radius 1 is 0.794 bits per heavy atom. The normalized spacial score (nSPS) is 12.5. The molecule has 388 valence electrons. The second-order valence-electron chi connectivity index (χ2n) is 17.2. The molecule has 2 atom stereocenters. The highest BCUT2D eigenvalue weighted by molar-refractivity contribution is 5.94. The summed E-state index contributed by atoms with van der Waals surface area (Å²) in [6.07, 6.45) is 4.00. The van der Waals surface area contributed by atoms with E-state index in [0.717, 1.165) is 25.9 Å². The zero-order chi connectivity index (χ0) is 50.7. The summed E-state index contributed by atoms with van der Waals surface area (Å²) in [5.74, 6) is -2.96. The van der Waals surface area contributed by atoms with Crippen molar-refractivity contribution in [1.82, 2.24) is 41.7 Å². The minimum absolute atomic E-state index is 0. The maximum Gasteiger partial charge on any atom is 0.237 e. The van der Waals surface area contributed by atoms with E-state index < -0.39 is 41.6 Å². The number of amides is 5. The van der Waals surface area contributed by atoms with Crippen LogP contribution in [0.5, 0.6) is 0 Å². The van der Waals surface area contributed by atoms with Crippen LogP contribution in [0, 0.1) is 12.8 Å². The number of carbonyl (C=O) groups excluding carboxylic acids is 8. The third-order valence-electron chi connectivity index (χ3n) is 10.3. The van der Waals surface area contributed by atoms with Gasteiger partial charge < -0.3 is 47.7 Å². The van der Waals surface area contributed by atoms with Crippen molar-refractivity contribution >= 4 is 46.9 Å². The Morgan fingerprint density at radius 3 is 1.96 bits per heavy atom. The van der Waals surface area contributed by atoms with E-state index >= 15 is 0 Å². The summed E-state index contributed by atoms with van der Waals surface area (Å²) in [4.78, 5) is 104. The molecule has 0 unspecified atom stereocenters. The number of hydrogen-bond donors (Lipinski definition) is 8. The van der Waals surface area contributed by atoms with Crippen LogP contribution in [0.2, 0.25) is 0 Å². The van der Waals surface area contributed by atoms with Gasteiger partial charge in [0.15, 0.2) is 11.6 Å². The topological polar surface area (TPSA) is 279 Å². The number of hydrazine groups is 2. The van der Waals surface area contributed by atoms with Crippen molar-refractivity contribution in [2.75, 3.05) is 52.4 Å². The number of unbranched alkanes of at least 4 members (excludes halogenated alkanes) is 1. The van der Waals surface area contributed by atoms with E-state index in [1.807, 2.05) is 32.0 Å². The first-order chi connectivity index (χ1) is 31.8. The van der Waals surface area contributed by atoms with Crippen molar-refractivity contribution in [1.29, 1.82) is 0 Å². The molecule has 19 nitrogen and oxygen atoms in total. The number of nitrogens with one attached hydrogen (secondary N) is 5. The van der Waals surface area contributed by atoms with Gasteiger partial charge >= 0.3 is 0 Å². The average molecular weight is 961 g/mol. The van der Waals surface area contributed by atoms with Crippen molar-refractivity contribution in [2.45, 2.75) is 158 Å². The summed E-state index contributed by atoms with van der Waals surface area (Å²) < 4.78 is 0. The molecule has 1 aromatic carbocycles. The number of nitrogens with two attached hydrogens (primary N) is 2. The number of Topliss-reactive ketones (excluding diaryl/α,β-unsaturated/α-hetero) is 3. The maximum absolute atomic E-state index is 13.4. The summed E-state index contributed by atoms with van der Waals surface area (Å²) in [5, 5.41) is 17.3. The summed E-state index contributed by atoms with van der Waals surface area (Å²) in [6, 6.07) is 8.92. The largest absolute Gasteiger partial charge is 0.397 e. The average Bonchev–Trinajstić information content (AvgIpc) is 3.72. The first-order valence-corrected chi connectivity index (χ1v) is 23.8. The number of aliphatic hydroxyl groups excluding tert-OH is 1. The molecule has 1 aromatic rings. The Balaban J connectivity index is 0. The number of benzene rings is 1. The Morgan fingerprint density at radius 2 is 1.40 bits per heavy atom. The van der Waals surface area contributed by atoms with E-state index in [9.17, 15) is 38.4 Å². The van der Waals surface area contributed by atoms with Crippen LogP contribution in [-0.4, -0.2) is 137 Å². The first kappa shape index (κ1) is 64.8. The lowest BCUT2D eigenvalue weighted by molar-refractivity contribution is -0.135. The molecule has 0 saturated heterocycles. The maximum atomic E-state index is 13.4. The Hall–Kier alpha value is -5.24. The Kier molecular flexibility index (Phi) is 36.9. The molecule has 0 radical (unpaired) electrons. The molecular formula is C49H88N10O9. The lowest BCUT2D eigenvalue weighted by atomic mass is 10.0. The van der Waals surface area contributed by atoms with E-state index in [-0.39, 0.29) is 102 Å². The molecule has 0 aliphatic carbocycles. The number of aryl methyl sites for hydroxylation is 1. The van der Waals surface area contributed by atoms with E-state index in [0.29, 0.717) is 44.1 Å². The van der Waals surface area contributed by atoms with Crippen LogP contribution in [0.25, 0.3) is 0 Å². The second-order valence-corrected chi connectivity index (χ2v) is 17.2. The summed E-state index contributed by atoms with van der Waals surface area (Å²) >= 11 is 0. The predicted molar refractivity (Wildman–Crippen MR) is 267 cm³/mol. The van der Waals surface area contributed by atoms with Gasteiger partial charge in [0, 0.05) is 83.3 Å². The predicted octanol–water partition coefficient (Wildman–Crippen LogP) is 2.94. The SMILES string of the molecule is C.CCN(CCCC[C@H](NC(=O)CCC(=O)[C@H](C)NC(=O)CCC(=O)CC(C)C)C(=O)CCC(=O)NCCC(=O)N(CC(N)=O)CC1=CN(CCCN)NN1)C(C)C.CCO.Cc1ccccc1. The number of hydrogen-bond acceptors (Lipinski definition) is 14. The number of nitrogens with zero attached hydrogens (tertiary/aromatic N) is 3. The molecule has 1 aliphatic rings. The number of carbonyl (C=O) groups is 8. The van der Waals surface area contributed by atoms with Crippen LogP contribution in [0.1, 0.15) is 139 Å². The van der Waals surface area contributed by atoms with Gasteiger partial charge in [-0.05, 0) is 85.9 Å². The minimum atomic E-state index is -0.863. The molecule has 0 bridgehead atoms. The van der Waals surface area contributed by atoms with E-state index in [1.165, 1.54) is 17.4 Å². The van der Waals surface area contributed by atoms with Gasteiger partial charge in [-0.25, -0.2) is 0 Å². The zero-order valence-electron chi connectivity index (χ0n) is 41.6. The molecule has 1 aliphatic heterocycles. The number of aliphatic hydroxyl groups is 1. The fraction of sp³-hybridized carbons (Fsp3) is 0.673. The molecule has 68 heavy (non-hydrogen) atoms. The molecule has 1 heterocycles. The smallest absolute Gasteiger partial charge is 0.237 e. The molecule has 0 aromatic heterocycles. The van der Waals surface area contributed by atoms with E-state index in [2.05, 4.69) is 71.6 Å². The fourth-order valence-corrected chi connectivity index (χ4v) is 6.67. The quantitative estimate of drug-likeness (QED) is 0.0483. The molecule has 2 rings (SSSR count). The highest BCUT2D eigenvalue weighted by Gasteiger charge is 2.24. The Bertz CT molecular complexity index is 1680. The summed E-state index contributed by atoms with van der Waals surface area (Å²) in [6.45, 7) is 18.3. The number of rotatable bonds is 32. The molecular weight excluding hydrogens is 873 g/mol. The van der Waals surface area contributed by atoms with Gasteiger partial charge in [-0.3, -0.25) is 43.4 Å². The minimum Gasteiger partial charge on any atom is -0.397 e. The zero-order valence-corrected chi connectivity index (χ0v) is 41.6.